The highest BCUT2D eigenvalue weighted by atomic mass is 79.9. The minimum atomic E-state index is -1.18. The van der Waals surface area contributed by atoms with Crippen molar-refractivity contribution in [1.82, 2.24) is 0 Å². The monoisotopic (exact) mass is 353 g/mol. The second kappa shape index (κ2) is 4.85. The van der Waals surface area contributed by atoms with Gasteiger partial charge in [0.25, 0.3) is 0 Å². The number of benzene rings is 1. The molecule has 1 atom stereocenters. The van der Waals surface area contributed by atoms with Crippen LogP contribution >= 0.6 is 15.9 Å². The Labute approximate surface area is 132 Å². The van der Waals surface area contributed by atoms with Crippen LogP contribution in [0.4, 0.5) is 0 Å². The Bertz CT molecular complexity index is 572. The van der Waals surface area contributed by atoms with Gasteiger partial charge in [0.2, 0.25) is 0 Å². The third kappa shape index (κ3) is 2.36. The van der Waals surface area contributed by atoms with E-state index in [4.69, 9.17) is 0 Å². The molecule has 0 amide bonds. The van der Waals surface area contributed by atoms with E-state index in [1.54, 1.807) is 0 Å². The van der Waals surface area contributed by atoms with Crippen LogP contribution < -0.4 is 0 Å². The van der Waals surface area contributed by atoms with Gasteiger partial charge in [-0.1, -0.05) is 32.8 Å². The van der Waals surface area contributed by atoms with E-state index >= 15 is 0 Å². The molecule has 0 bridgehead atoms. The second-order valence-corrected chi connectivity index (χ2v) is 9.73. The molecule has 20 heavy (non-hydrogen) atoms. The quantitative estimate of drug-likeness (QED) is 0.688. The summed E-state index contributed by atoms with van der Waals surface area (Å²) < 4.78 is 17.9. The van der Waals surface area contributed by atoms with Crippen LogP contribution in [0.15, 0.2) is 27.1 Å². The van der Waals surface area contributed by atoms with Gasteiger partial charge in [0.05, 0.1) is 0 Å². The van der Waals surface area contributed by atoms with E-state index in [0.717, 1.165) is 16.6 Å². The Morgan fingerprint density at radius 2 is 2.00 bits per heavy atom. The summed E-state index contributed by atoms with van der Waals surface area (Å²) >= 11 is 2.36. The first kappa shape index (κ1) is 14.6. The summed E-state index contributed by atoms with van der Waals surface area (Å²) in [5, 5.41) is 0. The van der Waals surface area contributed by atoms with Crippen molar-refractivity contribution >= 4 is 33.0 Å². The smallest absolute Gasteiger partial charge is 0.144 e. The molecule has 2 aliphatic rings. The zero-order valence-corrected chi connectivity index (χ0v) is 14.6. The summed E-state index contributed by atoms with van der Waals surface area (Å²) in [4.78, 5) is 0. The lowest BCUT2D eigenvalue weighted by Crippen LogP contribution is -2.38. The topological polar surface area (TPSA) is 35.4 Å². The maximum Gasteiger partial charge on any atom is 0.144 e. The normalized spacial score (nSPS) is 23.8. The minimum absolute atomic E-state index is 0.171. The van der Waals surface area contributed by atoms with Crippen molar-refractivity contribution < 1.29 is 4.55 Å². The van der Waals surface area contributed by atoms with Crippen molar-refractivity contribution in [3.63, 3.8) is 0 Å². The fourth-order valence-corrected chi connectivity index (χ4v) is 4.13. The van der Waals surface area contributed by atoms with Crippen molar-refractivity contribution in [2.24, 2.45) is 9.81 Å². The molecule has 2 aliphatic carbocycles. The molecule has 0 N–H and O–H groups in total. The molecule has 0 aliphatic heterocycles. The lowest BCUT2D eigenvalue weighted by Gasteiger charge is -2.38. The van der Waals surface area contributed by atoms with Crippen molar-refractivity contribution in [2.45, 2.75) is 51.2 Å². The molecular weight excluding hydrogens is 334 g/mol. The Hall–Kier alpha value is -0.320. The van der Waals surface area contributed by atoms with Gasteiger partial charge in [-0.15, -0.1) is 0 Å². The van der Waals surface area contributed by atoms with Gasteiger partial charge in [-0.05, 0) is 57.7 Å². The van der Waals surface area contributed by atoms with E-state index in [-0.39, 0.29) is 10.2 Å². The third-order valence-electron chi connectivity index (χ3n) is 4.37. The Morgan fingerprint density at radius 3 is 2.55 bits per heavy atom. The highest BCUT2D eigenvalue weighted by molar-refractivity contribution is 9.10. The lowest BCUT2D eigenvalue weighted by atomic mass is 9.66. The maximum atomic E-state index is 12.5. The van der Waals surface area contributed by atoms with Gasteiger partial charge in [0.1, 0.15) is 21.8 Å². The Balaban J connectivity index is 2.07. The number of halogens is 1. The summed E-state index contributed by atoms with van der Waals surface area (Å²) in [6, 6.07) is 6.41. The molecule has 0 radical (unpaired) electrons. The zero-order chi connectivity index (χ0) is 14.5. The molecule has 1 unspecified atom stereocenters. The van der Waals surface area contributed by atoms with Gasteiger partial charge in [0, 0.05) is 15.5 Å². The summed E-state index contributed by atoms with van der Waals surface area (Å²) in [5.74, 6) is 0. The standard InChI is InChI=1S/C16H20BrNOS/c1-15(2,3)20(19)18-14-13-9-12(17)6-5-11(13)10-16(14)7-4-8-16/h5-6,9H,4,7-8,10H2,1-3H3. The molecule has 0 saturated heterocycles. The average molecular weight is 354 g/mol. The van der Waals surface area contributed by atoms with Gasteiger partial charge in [-0.2, -0.15) is 0 Å². The first-order valence-corrected chi connectivity index (χ1v) is 9.02. The van der Waals surface area contributed by atoms with Crippen LogP contribution in [0.2, 0.25) is 0 Å². The molecule has 1 spiro atoms. The molecule has 1 saturated carbocycles. The maximum absolute atomic E-state index is 12.5. The zero-order valence-electron chi connectivity index (χ0n) is 12.2. The average Bonchev–Trinajstić information content (AvgIpc) is 2.62. The van der Waals surface area contributed by atoms with Crippen molar-refractivity contribution in [3.05, 3.63) is 33.8 Å². The summed E-state index contributed by atoms with van der Waals surface area (Å²) in [7, 11) is 0. The van der Waals surface area contributed by atoms with E-state index in [1.807, 2.05) is 20.8 Å². The van der Waals surface area contributed by atoms with Crippen LogP contribution in [-0.2, 0) is 17.8 Å². The fourth-order valence-electron chi connectivity index (χ4n) is 3.04. The van der Waals surface area contributed by atoms with E-state index in [2.05, 4.69) is 38.5 Å². The van der Waals surface area contributed by atoms with E-state index in [1.165, 1.54) is 30.4 Å². The van der Waals surface area contributed by atoms with Crippen LogP contribution in [0, 0.1) is 5.41 Å². The lowest BCUT2D eigenvalue weighted by molar-refractivity contribution is 0.240. The summed E-state index contributed by atoms with van der Waals surface area (Å²) in [5.41, 5.74) is 3.83. The fraction of sp³-hybridized carbons (Fsp3) is 0.562. The molecular formula is C16H20BrNOS. The van der Waals surface area contributed by atoms with Crippen LogP contribution in [0.3, 0.4) is 0 Å². The van der Waals surface area contributed by atoms with Gasteiger partial charge >= 0.3 is 0 Å². The van der Waals surface area contributed by atoms with Gasteiger partial charge in [-0.25, -0.2) is 0 Å². The summed E-state index contributed by atoms with van der Waals surface area (Å²) in [6.45, 7) is 5.95. The highest BCUT2D eigenvalue weighted by Gasteiger charge is 2.49. The van der Waals surface area contributed by atoms with E-state index < -0.39 is 11.4 Å². The minimum Gasteiger partial charge on any atom is -0.591 e. The highest BCUT2D eigenvalue weighted by Crippen LogP contribution is 2.52. The molecule has 108 valence electrons. The number of rotatable bonds is 1. The third-order valence-corrected chi connectivity index (χ3v) is 6.26. The SMILES string of the molecule is CC(C)(C)[S+]([O-])N=C1c2cc(Br)ccc2CC12CCC2. The van der Waals surface area contributed by atoms with Crippen molar-refractivity contribution in [1.29, 1.82) is 0 Å². The molecule has 1 aromatic carbocycles. The van der Waals surface area contributed by atoms with Crippen molar-refractivity contribution in [2.75, 3.05) is 0 Å². The van der Waals surface area contributed by atoms with Crippen LogP contribution in [0.1, 0.15) is 51.2 Å². The number of hydrogen-bond acceptors (Lipinski definition) is 2. The second-order valence-electron chi connectivity index (χ2n) is 6.91. The largest absolute Gasteiger partial charge is 0.591 e. The van der Waals surface area contributed by atoms with Crippen molar-refractivity contribution in [3.8, 4) is 0 Å². The number of fused-ring (bicyclic) bond motifs is 1. The molecule has 0 heterocycles. The number of nitrogens with zero attached hydrogens (tertiary/aromatic N) is 1. The molecule has 3 rings (SSSR count). The van der Waals surface area contributed by atoms with Gasteiger partial charge < -0.3 is 4.55 Å². The molecule has 4 heteroatoms. The van der Waals surface area contributed by atoms with E-state index in [0.29, 0.717) is 0 Å². The summed E-state index contributed by atoms with van der Waals surface area (Å²) in [6.07, 6.45) is 4.69. The molecule has 2 nitrogen and oxygen atoms in total. The number of hydrogen-bond donors (Lipinski definition) is 0. The Morgan fingerprint density at radius 1 is 1.30 bits per heavy atom. The first-order valence-electron chi connectivity index (χ1n) is 7.12. The van der Waals surface area contributed by atoms with Crippen LogP contribution in [0.5, 0.6) is 0 Å². The predicted octanol–water partition coefficient (Wildman–Crippen LogP) is 4.43. The van der Waals surface area contributed by atoms with Gasteiger partial charge in [0.15, 0.2) is 0 Å². The predicted molar refractivity (Wildman–Crippen MR) is 88.6 cm³/mol. The van der Waals surface area contributed by atoms with Crippen LogP contribution in [0.25, 0.3) is 0 Å². The molecule has 0 aromatic heterocycles. The molecule has 1 fully saturated rings. The van der Waals surface area contributed by atoms with Crippen LogP contribution in [-0.4, -0.2) is 15.0 Å². The van der Waals surface area contributed by atoms with E-state index in [9.17, 15) is 4.55 Å². The Kier molecular flexibility index (Phi) is 3.55. The first-order chi connectivity index (χ1) is 9.32. The molecule has 1 aromatic rings. The van der Waals surface area contributed by atoms with Gasteiger partial charge in [-0.3, -0.25) is 0 Å².